The van der Waals surface area contributed by atoms with Crippen molar-refractivity contribution in [1.29, 1.82) is 0 Å². The molecule has 0 spiro atoms. The van der Waals surface area contributed by atoms with Gasteiger partial charge in [0.1, 0.15) is 34.3 Å². The van der Waals surface area contributed by atoms with E-state index in [1.165, 1.54) is 0 Å². The average Bonchev–Trinajstić information content (AvgIpc) is 3.57. The molecule has 0 atom stereocenters. The summed E-state index contributed by atoms with van der Waals surface area (Å²) in [6.07, 6.45) is 5.53. The topological polar surface area (TPSA) is 56.3 Å². The Bertz CT molecular complexity index is 1870. The molecular formula is C33H24N4O2. The van der Waals surface area contributed by atoms with E-state index < -0.39 is 0 Å². The largest absolute Gasteiger partial charge is 0.457 e. The average molecular weight is 509 g/mol. The number of imidazole rings is 1. The summed E-state index contributed by atoms with van der Waals surface area (Å²) in [5.41, 5.74) is 4.43. The van der Waals surface area contributed by atoms with Crippen LogP contribution in [0.4, 0.5) is 17.2 Å². The monoisotopic (exact) mass is 508 g/mol. The van der Waals surface area contributed by atoms with Crippen LogP contribution in [0.15, 0.2) is 132 Å². The predicted octanol–water partition coefficient (Wildman–Crippen LogP) is 8.64. The molecule has 0 saturated heterocycles. The molecule has 0 amide bonds. The lowest BCUT2D eigenvalue weighted by Gasteiger charge is -2.25. The van der Waals surface area contributed by atoms with Crippen LogP contribution in [0.5, 0.6) is 11.5 Å². The molecule has 0 unspecified atom stereocenters. The zero-order valence-corrected chi connectivity index (χ0v) is 21.2. The Hall–Kier alpha value is -5.36. The lowest BCUT2D eigenvalue weighted by molar-refractivity contribution is 0.482. The van der Waals surface area contributed by atoms with Crippen LogP contribution in [-0.2, 0) is 7.05 Å². The smallest absolute Gasteiger partial charge is 0.141 e. The Morgan fingerprint density at radius 3 is 2.38 bits per heavy atom. The summed E-state index contributed by atoms with van der Waals surface area (Å²) in [7, 11) is 1.98. The highest BCUT2D eigenvalue weighted by atomic mass is 16.5. The van der Waals surface area contributed by atoms with Crippen molar-refractivity contribution in [2.45, 2.75) is 0 Å². The van der Waals surface area contributed by atoms with Crippen molar-refractivity contribution in [2.24, 2.45) is 7.05 Å². The Labute approximate surface area is 225 Å². The first kappa shape index (κ1) is 22.8. The molecule has 0 aliphatic rings. The second-order valence-corrected chi connectivity index (χ2v) is 9.26. The van der Waals surface area contributed by atoms with E-state index >= 15 is 0 Å². The fourth-order valence-corrected chi connectivity index (χ4v) is 4.98. The standard InChI is InChI=1S/C33H24N4O2/c1-36-19-18-35-33(36)23-10-9-13-25(20-23)38-26-21-28(32-27-14-5-6-15-29(27)39-30(32)22-26)37(24-11-3-2-4-12-24)31-16-7-8-17-34-31/h2-22H,1H3. The first-order chi connectivity index (χ1) is 19.2. The third-order valence-electron chi connectivity index (χ3n) is 6.71. The summed E-state index contributed by atoms with van der Waals surface area (Å²) in [6.45, 7) is 0. The van der Waals surface area contributed by atoms with Crippen molar-refractivity contribution in [3.8, 4) is 22.9 Å². The predicted molar refractivity (Wildman–Crippen MR) is 155 cm³/mol. The summed E-state index contributed by atoms with van der Waals surface area (Å²) in [5.74, 6) is 3.04. The third-order valence-corrected chi connectivity index (χ3v) is 6.71. The molecule has 7 rings (SSSR count). The lowest BCUT2D eigenvalue weighted by atomic mass is 10.1. The number of fused-ring (bicyclic) bond motifs is 3. The minimum atomic E-state index is 0.658. The second-order valence-electron chi connectivity index (χ2n) is 9.26. The van der Waals surface area contributed by atoms with Gasteiger partial charge in [0.2, 0.25) is 0 Å². The van der Waals surface area contributed by atoms with Crippen LogP contribution < -0.4 is 9.64 Å². The minimum Gasteiger partial charge on any atom is -0.457 e. The van der Waals surface area contributed by atoms with Crippen molar-refractivity contribution < 1.29 is 9.15 Å². The van der Waals surface area contributed by atoms with Gasteiger partial charge in [0.05, 0.1) is 11.1 Å². The highest BCUT2D eigenvalue weighted by Crippen LogP contribution is 2.45. The van der Waals surface area contributed by atoms with Crippen molar-refractivity contribution in [2.75, 3.05) is 4.90 Å². The van der Waals surface area contributed by atoms with E-state index in [0.717, 1.165) is 50.5 Å². The maximum Gasteiger partial charge on any atom is 0.141 e. The first-order valence-electron chi connectivity index (χ1n) is 12.7. The molecule has 39 heavy (non-hydrogen) atoms. The molecule has 0 aliphatic heterocycles. The molecule has 0 saturated carbocycles. The van der Waals surface area contributed by atoms with Gasteiger partial charge < -0.3 is 13.7 Å². The number of hydrogen-bond donors (Lipinski definition) is 0. The summed E-state index contributed by atoms with van der Waals surface area (Å²) in [5, 5.41) is 2.02. The number of ether oxygens (including phenoxy) is 1. The van der Waals surface area contributed by atoms with E-state index in [9.17, 15) is 0 Å². The van der Waals surface area contributed by atoms with E-state index in [2.05, 4.69) is 34.1 Å². The number of rotatable bonds is 6. The van der Waals surface area contributed by atoms with E-state index in [4.69, 9.17) is 14.1 Å². The normalized spacial score (nSPS) is 11.2. The Morgan fingerprint density at radius 1 is 0.718 bits per heavy atom. The van der Waals surface area contributed by atoms with E-state index in [-0.39, 0.29) is 0 Å². The van der Waals surface area contributed by atoms with Crippen LogP contribution in [0.3, 0.4) is 0 Å². The van der Waals surface area contributed by atoms with Gasteiger partial charge in [0.15, 0.2) is 0 Å². The molecule has 188 valence electrons. The number of nitrogens with zero attached hydrogens (tertiary/aromatic N) is 4. The first-order valence-corrected chi connectivity index (χ1v) is 12.7. The van der Waals surface area contributed by atoms with Gasteiger partial charge in [-0.05, 0) is 42.5 Å². The van der Waals surface area contributed by atoms with Crippen LogP contribution in [0.2, 0.25) is 0 Å². The zero-order valence-electron chi connectivity index (χ0n) is 21.2. The number of hydrogen-bond acceptors (Lipinski definition) is 5. The molecule has 4 aromatic carbocycles. The highest BCUT2D eigenvalue weighted by molar-refractivity contribution is 6.13. The fourth-order valence-electron chi connectivity index (χ4n) is 4.98. The number of benzene rings is 4. The SMILES string of the molecule is Cn1ccnc1-c1cccc(Oc2cc(N(c3ccccc3)c3ccccn3)c3c(c2)oc2ccccc23)c1. The van der Waals surface area contributed by atoms with E-state index in [1.54, 1.807) is 12.4 Å². The van der Waals surface area contributed by atoms with Crippen molar-refractivity contribution >= 4 is 39.1 Å². The molecule has 6 nitrogen and oxygen atoms in total. The number of para-hydroxylation sites is 2. The number of pyridine rings is 1. The number of anilines is 3. The molecule has 3 heterocycles. The highest BCUT2D eigenvalue weighted by Gasteiger charge is 2.22. The van der Waals surface area contributed by atoms with Gasteiger partial charge in [0.25, 0.3) is 0 Å². The summed E-state index contributed by atoms with van der Waals surface area (Å²) >= 11 is 0. The molecule has 6 heteroatoms. The number of aromatic nitrogens is 3. The van der Waals surface area contributed by atoms with Crippen LogP contribution in [-0.4, -0.2) is 14.5 Å². The summed E-state index contributed by atoms with van der Waals surface area (Å²) in [4.78, 5) is 11.3. The van der Waals surface area contributed by atoms with Crippen molar-refractivity contribution in [3.05, 3.63) is 128 Å². The maximum atomic E-state index is 6.48. The summed E-state index contributed by atoms with van der Waals surface area (Å²) < 4.78 is 14.8. The van der Waals surface area contributed by atoms with Crippen LogP contribution in [0, 0.1) is 0 Å². The molecule has 0 fully saturated rings. The summed E-state index contributed by atoms with van der Waals surface area (Å²) in [6, 6.07) is 36.2. The molecule has 0 aliphatic carbocycles. The second kappa shape index (κ2) is 9.50. The van der Waals surface area contributed by atoms with Gasteiger partial charge in [-0.3, -0.25) is 4.90 Å². The minimum absolute atomic E-state index is 0.658. The lowest BCUT2D eigenvalue weighted by Crippen LogP contribution is -2.11. The Kier molecular flexibility index (Phi) is 5.56. The van der Waals surface area contributed by atoms with E-state index in [0.29, 0.717) is 11.5 Å². The van der Waals surface area contributed by atoms with Gasteiger partial charge in [-0.15, -0.1) is 0 Å². The fraction of sp³-hybridized carbons (Fsp3) is 0.0303. The van der Waals surface area contributed by atoms with E-state index in [1.807, 2.05) is 103 Å². The van der Waals surface area contributed by atoms with Gasteiger partial charge in [-0.25, -0.2) is 9.97 Å². The van der Waals surface area contributed by atoms with Crippen molar-refractivity contribution in [3.63, 3.8) is 0 Å². The molecule has 7 aromatic rings. The zero-order chi connectivity index (χ0) is 26.2. The Balaban J connectivity index is 1.43. The van der Waals surface area contributed by atoms with Crippen LogP contribution in [0.1, 0.15) is 0 Å². The molecule has 0 N–H and O–H groups in total. The van der Waals surface area contributed by atoms with Crippen molar-refractivity contribution in [1.82, 2.24) is 14.5 Å². The van der Waals surface area contributed by atoms with Gasteiger partial charge in [0, 0.05) is 54.4 Å². The quantitative estimate of drug-likeness (QED) is 0.225. The molecular weight excluding hydrogens is 484 g/mol. The van der Waals surface area contributed by atoms with Gasteiger partial charge in [-0.2, -0.15) is 0 Å². The molecule has 3 aromatic heterocycles. The molecule has 0 bridgehead atoms. The van der Waals surface area contributed by atoms with Crippen LogP contribution >= 0.6 is 0 Å². The number of aryl methyl sites for hydroxylation is 1. The van der Waals surface area contributed by atoms with Gasteiger partial charge in [-0.1, -0.05) is 54.6 Å². The van der Waals surface area contributed by atoms with Crippen LogP contribution in [0.25, 0.3) is 33.3 Å². The molecule has 0 radical (unpaired) electrons. The number of furan rings is 1. The third kappa shape index (κ3) is 4.18. The Morgan fingerprint density at radius 2 is 1.56 bits per heavy atom. The van der Waals surface area contributed by atoms with Gasteiger partial charge >= 0.3 is 0 Å². The maximum absolute atomic E-state index is 6.48.